The summed E-state index contributed by atoms with van der Waals surface area (Å²) in [7, 11) is 0. The Bertz CT molecular complexity index is 930. The molecule has 0 fully saturated rings. The molecule has 0 unspecified atom stereocenters. The standard InChI is InChI=1S/C19H14ClN3S/c1-24-13-8-6-12(7-9-13)15-10-18(23-19(22)16(15)11-21)14-4-2-3-5-17(14)20/h2-10H,1H3,(H2,22,23). The third kappa shape index (κ3) is 3.09. The van der Waals surface area contributed by atoms with Crippen LogP contribution in [0.15, 0.2) is 59.5 Å². The first kappa shape index (κ1) is 16.4. The van der Waals surface area contributed by atoms with Gasteiger partial charge in [-0.2, -0.15) is 5.26 Å². The Hall–Kier alpha value is -2.48. The fraction of sp³-hybridized carbons (Fsp3) is 0.0526. The Kier molecular flexibility index (Phi) is 4.75. The molecule has 3 aromatic rings. The highest BCUT2D eigenvalue weighted by Crippen LogP contribution is 2.34. The van der Waals surface area contributed by atoms with Crippen LogP contribution in [0.3, 0.4) is 0 Å². The number of nitrogens with two attached hydrogens (primary N) is 1. The van der Waals surface area contributed by atoms with E-state index < -0.39 is 0 Å². The largest absolute Gasteiger partial charge is 0.383 e. The van der Waals surface area contributed by atoms with Gasteiger partial charge in [0.05, 0.1) is 5.69 Å². The summed E-state index contributed by atoms with van der Waals surface area (Å²) in [6, 6.07) is 19.5. The number of hydrogen-bond acceptors (Lipinski definition) is 4. The molecule has 3 nitrogen and oxygen atoms in total. The SMILES string of the molecule is CSc1ccc(-c2cc(-c3ccccc3Cl)nc(N)c2C#N)cc1. The van der Waals surface area contributed by atoms with Crippen LogP contribution in [0.4, 0.5) is 5.82 Å². The fourth-order valence-corrected chi connectivity index (χ4v) is 3.13. The molecule has 2 N–H and O–H groups in total. The van der Waals surface area contributed by atoms with E-state index in [-0.39, 0.29) is 5.82 Å². The molecular weight excluding hydrogens is 338 g/mol. The molecule has 0 aliphatic carbocycles. The number of anilines is 1. The number of rotatable bonds is 3. The van der Waals surface area contributed by atoms with Crippen molar-refractivity contribution in [2.75, 3.05) is 12.0 Å². The normalized spacial score (nSPS) is 10.4. The van der Waals surface area contributed by atoms with E-state index in [0.29, 0.717) is 16.3 Å². The maximum atomic E-state index is 9.48. The van der Waals surface area contributed by atoms with E-state index in [2.05, 4.69) is 11.1 Å². The maximum absolute atomic E-state index is 9.48. The van der Waals surface area contributed by atoms with E-state index in [1.165, 1.54) is 0 Å². The third-order valence-electron chi connectivity index (χ3n) is 3.71. The Labute approximate surface area is 150 Å². The average molecular weight is 352 g/mol. The highest BCUT2D eigenvalue weighted by atomic mass is 35.5. The van der Waals surface area contributed by atoms with Gasteiger partial charge in [-0.1, -0.05) is 41.9 Å². The van der Waals surface area contributed by atoms with Crippen LogP contribution in [0, 0.1) is 11.3 Å². The number of thioether (sulfide) groups is 1. The van der Waals surface area contributed by atoms with Gasteiger partial charge in [0.2, 0.25) is 0 Å². The molecule has 0 aliphatic heterocycles. The van der Waals surface area contributed by atoms with Gasteiger partial charge in [-0.3, -0.25) is 0 Å². The second-order valence-corrected chi connectivity index (χ2v) is 6.42. The number of nitriles is 1. The number of benzene rings is 2. The minimum absolute atomic E-state index is 0.207. The van der Waals surface area contributed by atoms with E-state index in [4.69, 9.17) is 17.3 Å². The van der Waals surface area contributed by atoms with E-state index in [1.54, 1.807) is 17.8 Å². The minimum atomic E-state index is 0.207. The van der Waals surface area contributed by atoms with E-state index in [0.717, 1.165) is 21.6 Å². The van der Waals surface area contributed by atoms with Gasteiger partial charge in [-0.25, -0.2) is 4.98 Å². The lowest BCUT2D eigenvalue weighted by atomic mass is 9.98. The van der Waals surface area contributed by atoms with E-state index in [1.807, 2.05) is 54.8 Å². The molecule has 0 amide bonds. The predicted molar refractivity (Wildman–Crippen MR) is 101 cm³/mol. The molecule has 5 heteroatoms. The molecule has 0 bridgehead atoms. The van der Waals surface area contributed by atoms with Crippen LogP contribution in [-0.4, -0.2) is 11.2 Å². The number of nitrogens with zero attached hydrogens (tertiary/aromatic N) is 2. The van der Waals surface area contributed by atoms with Gasteiger partial charge in [0.15, 0.2) is 0 Å². The van der Waals surface area contributed by atoms with Crippen LogP contribution in [0.2, 0.25) is 5.02 Å². The highest BCUT2D eigenvalue weighted by molar-refractivity contribution is 7.98. The number of pyridine rings is 1. The topological polar surface area (TPSA) is 62.7 Å². The van der Waals surface area contributed by atoms with Gasteiger partial charge >= 0.3 is 0 Å². The number of aromatic nitrogens is 1. The average Bonchev–Trinajstić information content (AvgIpc) is 2.61. The Morgan fingerprint density at radius 3 is 2.42 bits per heavy atom. The van der Waals surface area contributed by atoms with Crippen molar-refractivity contribution >= 4 is 29.2 Å². The lowest BCUT2D eigenvalue weighted by Crippen LogP contribution is -2.00. The third-order valence-corrected chi connectivity index (χ3v) is 4.78. The Balaban J connectivity index is 2.21. The molecule has 0 radical (unpaired) electrons. The molecule has 0 aliphatic rings. The molecule has 0 saturated heterocycles. The van der Waals surface area contributed by atoms with Gasteiger partial charge in [0.25, 0.3) is 0 Å². The minimum Gasteiger partial charge on any atom is -0.383 e. The van der Waals surface area contributed by atoms with E-state index in [9.17, 15) is 5.26 Å². The summed E-state index contributed by atoms with van der Waals surface area (Å²) in [6.45, 7) is 0. The monoisotopic (exact) mass is 351 g/mol. The van der Waals surface area contributed by atoms with Crippen LogP contribution in [-0.2, 0) is 0 Å². The molecule has 24 heavy (non-hydrogen) atoms. The lowest BCUT2D eigenvalue weighted by molar-refractivity contribution is 1.31. The van der Waals surface area contributed by atoms with Crippen LogP contribution in [0.25, 0.3) is 22.4 Å². The molecular formula is C19H14ClN3S. The smallest absolute Gasteiger partial charge is 0.142 e. The van der Waals surface area contributed by atoms with Crippen molar-refractivity contribution in [3.8, 4) is 28.5 Å². The van der Waals surface area contributed by atoms with Crippen molar-refractivity contribution in [3.05, 3.63) is 65.2 Å². The zero-order chi connectivity index (χ0) is 17.1. The molecule has 3 rings (SSSR count). The summed E-state index contributed by atoms with van der Waals surface area (Å²) in [5.74, 6) is 0.207. The summed E-state index contributed by atoms with van der Waals surface area (Å²) >= 11 is 7.94. The molecule has 0 atom stereocenters. The summed E-state index contributed by atoms with van der Waals surface area (Å²) in [6.07, 6.45) is 2.02. The van der Waals surface area contributed by atoms with Crippen LogP contribution in [0.1, 0.15) is 5.56 Å². The van der Waals surface area contributed by atoms with Gasteiger partial charge in [-0.05, 0) is 36.1 Å². The molecule has 1 aromatic heterocycles. The van der Waals surface area contributed by atoms with Crippen molar-refractivity contribution in [3.63, 3.8) is 0 Å². The number of halogens is 1. The molecule has 2 aromatic carbocycles. The Morgan fingerprint density at radius 2 is 1.79 bits per heavy atom. The lowest BCUT2D eigenvalue weighted by Gasteiger charge is -2.11. The second-order valence-electron chi connectivity index (χ2n) is 5.14. The molecule has 118 valence electrons. The van der Waals surface area contributed by atoms with Gasteiger partial charge in [0.1, 0.15) is 17.5 Å². The maximum Gasteiger partial charge on any atom is 0.142 e. The van der Waals surface area contributed by atoms with Crippen LogP contribution in [0.5, 0.6) is 0 Å². The van der Waals surface area contributed by atoms with Crippen LogP contribution < -0.4 is 5.73 Å². The molecule has 0 spiro atoms. The highest BCUT2D eigenvalue weighted by Gasteiger charge is 2.14. The first-order valence-electron chi connectivity index (χ1n) is 7.24. The quantitative estimate of drug-likeness (QED) is 0.655. The summed E-state index contributed by atoms with van der Waals surface area (Å²) in [5.41, 5.74) is 9.53. The summed E-state index contributed by atoms with van der Waals surface area (Å²) < 4.78 is 0. The summed E-state index contributed by atoms with van der Waals surface area (Å²) in [4.78, 5) is 5.52. The fourth-order valence-electron chi connectivity index (χ4n) is 2.49. The van der Waals surface area contributed by atoms with Crippen molar-refractivity contribution in [2.45, 2.75) is 4.90 Å². The first-order chi connectivity index (χ1) is 11.6. The second kappa shape index (κ2) is 6.96. The van der Waals surface area contributed by atoms with Gasteiger partial charge < -0.3 is 5.73 Å². The van der Waals surface area contributed by atoms with Crippen molar-refractivity contribution < 1.29 is 0 Å². The zero-order valence-corrected chi connectivity index (χ0v) is 14.5. The van der Waals surface area contributed by atoms with Gasteiger partial charge in [-0.15, -0.1) is 11.8 Å². The predicted octanol–water partition coefficient (Wildman–Crippen LogP) is 5.24. The number of hydrogen-bond donors (Lipinski definition) is 1. The van der Waals surface area contributed by atoms with Crippen molar-refractivity contribution in [1.29, 1.82) is 5.26 Å². The molecule has 0 saturated carbocycles. The van der Waals surface area contributed by atoms with Crippen molar-refractivity contribution in [1.82, 2.24) is 4.98 Å². The first-order valence-corrected chi connectivity index (χ1v) is 8.84. The van der Waals surface area contributed by atoms with Gasteiger partial charge in [0, 0.05) is 21.0 Å². The molecule has 1 heterocycles. The zero-order valence-electron chi connectivity index (χ0n) is 13.0. The summed E-state index contributed by atoms with van der Waals surface area (Å²) in [5, 5.41) is 10.1. The van der Waals surface area contributed by atoms with E-state index >= 15 is 0 Å². The van der Waals surface area contributed by atoms with Crippen molar-refractivity contribution in [2.24, 2.45) is 0 Å². The van der Waals surface area contributed by atoms with Crippen LogP contribution >= 0.6 is 23.4 Å². The Morgan fingerprint density at radius 1 is 1.08 bits per heavy atom. The number of nitrogen functional groups attached to an aromatic ring is 1.